The Hall–Kier alpha value is -3.19. The second-order valence-corrected chi connectivity index (χ2v) is 5.14. The lowest BCUT2D eigenvalue weighted by Gasteiger charge is -2.05. The molecule has 8 heteroatoms. The predicted molar refractivity (Wildman–Crippen MR) is 86.8 cm³/mol. The number of hydrogen-bond acceptors (Lipinski definition) is 4. The molecule has 0 spiro atoms. The summed E-state index contributed by atoms with van der Waals surface area (Å²) in [6.45, 7) is 0. The van der Waals surface area contributed by atoms with Gasteiger partial charge in [0, 0.05) is 11.1 Å². The van der Waals surface area contributed by atoms with Crippen LogP contribution in [0, 0.1) is 10.1 Å². The van der Waals surface area contributed by atoms with Gasteiger partial charge in [-0.3, -0.25) is 10.1 Å². The van der Waals surface area contributed by atoms with Crippen molar-refractivity contribution in [1.29, 1.82) is 0 Å². The van der Waals surface area contributed by atoms with Gasteiger partial charge in [-0.15, -0.1) is 0 Å². The molecule has 0 amide bonds. The summed E-state index contributed by atoms with van der Waals surface area (Å²) in [4.78, 5) is 32.4. The molecule has 0 aliphatic rings. The number of carbonyl (C=O) groups is 2. The fourth-order valence-corrected chi connectivity index (χ4v) is 2.15. The van der Waals surface area contributed by atoms with E-state index in [0.717, 1.165) is 6.08 Å². The highest BCUT2D eigenvalue weighted by molar-refractivity contribution is 6.30. The first-order chi connectivity index (χ1) is 11.3. The number of halogens is 1. The number of aliphatic carboxylic acids is 2. The van der Waals surface area contributed by atoms with Crippen molar-refractivity contribution in [2.45, 2.75) is 0 Å². The predicted octanol–water partition coefficient (Wildman–Crippen LogP) is 3.47. The van der Waals surface area contributed by atoms with Crippen LogP contribution in [0.4, 0.5) is 5.69 Å². The van der Waals surface area contributed by atoms with Crippen LogP contribution in [-0.2, 0) is 9.59 Å². The molecule has 0 saturated carbocycles. The average Bonchev–Trinajstić information content (AvgIpc) is 2.52. The maximum absolute atomic E-state index is 11.1. The van der Waals surface area contributed by atoms with Gasteiger partial charge in [-0.25, -0.2) is 9.59 Å². The van der Waals surface area contributed by atoms with Crippen molar-refractivity contribution in [3.63, 3.8) is 0 Å². The Morgan fingerprint density at radius 3 is 2.04 bits per heavy atom. The zero-order chi connectivity index (χ0) is 17.9. The fourth-order valence-electron chi connectivity index (χ4n) is 2.03. The molecule has 0 aliphatic carbocycles. The molecule has 2 aromatic rings. The lowest BCUT2D eigenvalue weighted by molar-refractivity contribution is -0.385. The monoisotopic (exact) mass is 347 g/mol. The summed E-state index contributed by atoms with van der Waals surface area (Å²) in [5.41, 5.74) is -0.235. The molecule has 0 heterocycles. The molecular formula is C16H10ClNO6. The second-order valence-electron chi connectivity index (χ2n) is 4.71. The third-order valence-electron chi connectivity index (χ3n) is 3.16. The quantitative estimate of drug-likeness (QED) is 0.281. The number of benzene rings is 2. The van der Waals surface area contributed by atoms with Gasteiger partial charge >= 0.3 is 11.9 Å². The fraction of sp³-hybridized carbons (Fsp3) is 0. The summed E-state index contributed by atoms with van der Waals surface area (Å²) < 4.78 is 0. The van der Waals surface area contributed by atoms with E-state index in [1.165, 1.54) is 18.2 Å². The van der Waals surface area contributed by atoms with Crippen LogP contribution >= 0.6 is 11.6 Å². The highest BCUT2D eigenvalue weighted by Crippen LogP contribution is 2.29. The first kappa shape index (κ1) is 17.2. The van der Waals surface area contributed by atoms with Gasteiger partial charge in [0.15, 0.2) is 0 Å². The van der Waals surface area contributed by atoms with Crippen LogP contribution in [-0.4, -0.2) is 27.1 Å². The molecule has 122 valence electrons. The smallest absolute Gasteiger partial charge is 0.343 e. The van der Waals surface area contributed by atoms with E-state index in [4.69, 9.17) is 21.8 Å². The second kappa shape index (κ2) is 6.93. The lowest BCUT2D eigenvalue weighted by atomic mass is 10.0. The number of nitro groups is 1. The number of rotatable bonds is 5. The van der Waals surface area contributed by atoms with E-state index in [2.05, 4.69) is 0 Å². The van der Waals surface area contributed by atoms with Crippen LogP contribution in [0.3, 0.4) is 0 Å². The lowest BCUT2D eigenvalue weighted by Crippen LogP contribution is -2.11. The Bertz CT molecular complexity index is 841. The summed E-state index contributed by atoms with van der Waals surface area (Å²) in [6.07, 6.45) is 0.766. The summed E-state index contributed by atoms with van der Waals surface area (Å²) in [5.74, 6) is -3.37. The number of nitro benzene ring substituents is 1. The van der Waals surface area contributed by atoms with Crippen molar-refractivity contribution < 1.29 is 24.7 Å². The minimum Gasteiger partial charge on any atom is -0.477 e. The van der Waals surface area contributed by atoms with Gasteiger partial charge in [-0.1, -0.05) is 23.7 Å². The molecular weight excluding hydrogens is 338 g/mol. The molecule has 0 atom stereocenters. The maximum Gasteiger partial charge on any atom is 0.343 e. The van der Waals surface area contributed by atoms with Crippen LogP contribution in [0.2, 0.25) is 5.02 Å². The summed E-state index contributed by atoms with van der Waals surface area (Å²) in [7, 11) is 0. The van der Waals surface area contributed by atoms with Gasteiger partial charge in [-0.05, 0) is 41.5 Å². The Morgan fingerprint density at radius 1 is 1.00 bits per heavy atom. The van der Waals surface area contributed by atoms with Crippen molar-refractivity contribution in [1.82, 2.24) is 0 Å². The van der Waals surface area contributed by atoms with Crippen molar-refractivity contribution in [2.75, 3.05) is 0 Å². The molecule has 0 bridgehead atoms. The van der Waals surface area contributed by atoms with Crippen LogP contribution in [0.15, 0.2) is 48.0 Å². The molecule has 0 unspecified atom stereocenters. The van der Waals surface area contributed by atoms with Gasteiger partial charge in [0.1, 0.15) is 5.57 Å². The van der Waals surface area contributed by atoms with Gasteiger partial charge in [0.2, 0.25) is 0 Å². The number of carboxylic acids is 2. The van der Waals surface area contributed by atoms with Gasteiger partial charge in [-0.2, -0.15) is 0 Å². The van der Waals surface area contributed by atoms with Gasteiger partial charge in [0.25, 0.3) is 5.69 Å². The van der Waals surface area contributed by atoms with Crippen molar-refractivity contribution in [3.05, 3.63) is 68.7 Å². The van der Waals surface area contributed by atoms with Crippen molar-refractivity contribution >= 4 is 35.3 Å². The molecule has 0 aliphatic heterocycles. The summed E-state index contributed by atoms with van der Waals surface area (Å²) in [5, 5.41) is 29.4. The van der Waals surface area contributed by atoms with Crippen molar-refractivity contribution in [2.24, 2.45) is 0 Å². The van der Waals surface area contributed by atoms with E-state index in [-0.39, 0.29) is 5.56 Å². The van der Waals surface area contributed by atoms with Crippen LogP contribution < -0.4 is 0 Å². The van der Waals surface area contributed by atoms with Gasteiger partial charge in [0.05, 0.1) is 10.5 Å². The third kappa shape index (κ3) is 3.76. The Morgan fingerprint density at radius 2 is 1.54 bits per heavy atom. The maximum atomic E-state index is 11.1. The standard InChI is InChI=1S/C16H10ClNO6/c17-12-4-1-9(2-5-12)10-3-6-14(18(23)24)11(7-10)8-13(15(19)20)16(21)22/h1-8H,(H,19,20)(H,21,22). The zero-order valence-corrected chi connectivity index (χ0v) is 12.7. The van der Waals surface area contributed by atoms with Crippen LogP contribution in [0.5, 0.6) is 0 Å². The van der Waals surface area contributed by atoms with Gasteiger partial charge < -0.3 is 10.2 Å². The highest BCUT2D eigenvalue weighted by atomic mass is 35.5. The number of nitrogens with zero attached hydrogens (tertiary/aromatic N) is 1. The highest BCUT2D eigenvalue weighted by Gasteiger charge is 2.20. The first-order valence-electron chi connectivity index (χ1n) is 6.52. The molecule has 2 aromatic carbocycles. The summed E-state index contributed by atoms with van der Waals surface area (Å²) >= 11 is 5.81. The Balaban J connectivity index is 2.63. The average molecular weight is 348 g/mol. The minimum absolute atomic E-state index is 0.118. The molecule has 0 fully saturated rings. The molecule has 24 heavy (non-hydrogen) atoms. The molecule has 7 nitrogen and oxygen atoms in total. The topological polar surface area (TPSA) is 118 Å². The van der Waals surface area contributed by atoms with Crippen LogP contribution in [0.1, 0.15) is 5.56 Å². The van der Waals surface area contributed by atoms with Crippen LogP contribution in [0.25, 0.3) is 17.2 Å². The van der Waals surface area contributed by atoms with E-state index in [0.29, 0.717) is 16.1 Å². The zero-order valence-electron chi connectivity index (χ0n) is 12.0. The normalized spacial score (nSPS) is 10.0. The molecule has 0 radical (unpaired) electrons. The number of hydrogen-bond donors (Lipinski definition) is 2. The molecule has 0 saturated heterocycles. The SMILES string of the molecule is O=C(O)C(=Cc1cc(-c2ccc(Cl)cc2)ccc1[N+](=O)[O-])C(=O)O. The summed E-state index contributed by atoms with van der Waals surface area (Å²) in [6, 6.07) is 10.7. The molecule has 2 rings (SSSR count). The third-order valence-corrected chi connectivity index (χ3v) is 3.41. The molecule has 2 N–H and O–H groups in total. The van der Waals surface area contributed by atoms with E-state index in [9.17, 15) is 19.7 Å². The largest absolute Gasteiger partial charge is 0.477 e. The number of carboxylic acid groups (broad SMARTS) is 2. The van der Waals surface area contributed by atoms with Crippen molar-refractivity contribution in [3.8, 4) is 11.1 Å². The molecule has 0 aromatic heterocycles. The first-order valence-corrected chi connectivity index (χ1v) is 6.90. The Labute approximate surface area is 140 Å². The van der Waals surface area contributed by atoms with E-state index < -0.39 is 28.1 Å². The van der Waals surface area contributed by atoms with E-state index in [1.54, 1.807) is 24.3 Å². The minimum atomic E-state index is -1.69. The van der Waals surface area contributed by atoms with E-state index >= 15 is 0 Å². The Kier molecular flexibility index (Phi) is 4.96. The van der Waals surface area contributed by atoms with E-state index in [1.807, 2.05) is 0 Å².